The fourth-order valence-electron chi connectivity index (χ4n) is 2.35. The van der Waals surface area contributed by atoms with E-state index in [2.05, 4.69) is 31.1 Å². The second kappa shape index (κ2) is 6.21. The molecule has 2 unspecified atom stereocenters. The topological polar surface area (TPSA) is 58.4 Å². The molecule has 0 aromatic heterocycles. The fourth-order valence-corrected chi connectivity index (χ4v) is 2.35. The third kappa shape index (κ3) is 3.76. The summed E-state index contributed by atoms with van der Waals surface area (Å²) in [6.07, 6.45) is 2.72. The van der Waals surface area contributed by atoms with E-state index in [-0.39, 0.29) is 5.91 Å². The fraction of sp³-hybridized carbons (Fsp3) is 0.917. The van der Waals surface area contributed by atoms with Crippen molar-refractivity contribution in [2.24, 2.45) is 17.7 Å². The van der Waals surface area contributed by atoms with Gasteiger partial charge in [-0.25, -0.2) is 5.84 Å². The summed E-state index contributed by atoms with van der Waals surface area (Å²) in [5.74, 6) is 6.59. The molecule has 1 heterocycles. The van der Waals surface area contributed by atoms with Gasteiger partial charge in [0.1, 0.15) is 0 Å². The maximum Gasteiger partial charge on any atom is 0.233 e. The molecule has 0 aromatic rings. The van der Waals surface area contributed by atoms with Gasteiger partial charge in [-0.15, -0.1) is 0 Å². The standard InChI is InChI=1S/C12H25N3O/c1-9(2)11-6-7-15(8-11)10(3)4-5-12(16)14-13/h9-11H,4-8,13H2,1-3H3,(H,14,16). The van der Waals surface area contributed by atoms with E-state index in [1.54, 1.807) is 0 Å². The van der Waals surface area contributed by atoms with Crippen LogP contribution < -0.4 is 11.3 Å². The monoisotopic (exact) mass is 227 g/mol. The summed E-state index contributed by atoms with van der Waals surface area (Å²) < 4.78 is 0. The minimum atomic E-state index is -0.0635. The summed E-state index contributed by atoms with van der Waals surface area (Å²) in [6.45, 7) is 9.14. The lowest BCUT2D eigenvalue weighted by atomic mass is 9.95. The van der Waals surface area contributed by atoms with Crippen molar-refractivity contribution in [1.82, 2.24) is 10.3 Å². The van der Waals surface area contributed by atoms with Gasteiger partial charge in [0.15, 0.2) is 0 Å². The van der Waals surface area contributed by atoms with Crippen LogP contribution in [0.4, 0.5) is 0 Å². The van der Waals surface area contributed by atoms with Crippen LogP contribution in [-0.4, -0.2) is 29.9 Å². The minimum Gasteiger partial charge on any atom is -0.300 e. The normalized spacial score (nSPS) is 23.7. The number of amides is 1. The highest BCUT2D eigenvalue weighted by Gasteiger charge is 2.27. The maximum absolute atomic E-state index is 11.0. The Kier molecular flexibility index (Phi) is 5.22. The zero-order valence-electron chi connectivity index (χ0n) is 10.7. The van der Waals surface area contributed by atoms with Crippen LogP contribution in [0.2, 0.25) is 0 Å². The third-order valence-corrected chi connectivity index (χ3v) is 3.77. The first-order valence-electron chi connectivity index (χ1n) is 6.28. The number of nitrogens with one attached hydrogen (secondary N) is 1. The number of carbonyl (C=O) groups is 1. The number of hydrogen-bond acceptors (Lipinski definition) is 3. The SMILES string of the molecule is CC(C)C1CCN(C(C)CCC(=O)NN)C1. The molecule has 0 radical (unpaired) electrons. The van der Waals surface area contributed by atoms with Crippen LogP contribution in [-0.2, 0) is 4.79 Å². The molecule has 0 bridgehead atoms. The third-order valence-electron chi connectivity index (χ3n) is 3.77. The molecule has 3 N–H and O–H groups in total. The molecule has 4 heteroatoms. The molecule has 0 aromatic carbocycles. The Morgan fingerprint density at radius 2 is 2.19 bits per heavy atom. The molecule has 1 aliphatic heterocycles. The van der Waals surface area contributed by atoms with Gasteiger partial charge < -0.3 is 4.90 Å². The Morgan fingerprint density at radius 1 is 1.50 bits per heavy atom. The summed E-state index contributed by atoms with van der Waals surface area (Å²) in [5.41, 5.74) is 2.18. The number of likely N-dealkylation sites (tertiary alicyclic amines) is 1. The molecule has 94 valence electrons. The number of hydrazine groups is 1. The second-order valence-electron chi connectivity index (χ2n) is 5.24. The molecule has 1 saturated heterocycles. The van der Waals surface area contributed by atoms with Gasteiger partial charge in [0.25, 0.3) is 0 Å². The maximum atomic E-state index is 11.0. The van der Waals surface area contributed by atoms with E-state index < -0.39 is 0 Å². The highest BCUT2D eigenvalue weighted by molar-refractivity contribution is 5.75. The lowest BCUT2D eigenvalue weighted by molar-refractivity contribution is -0.121. The Bertz CT molecular complexity index is 230. The van der Waals surface area contributed by atoms with Gasteiger partial charge in [0.2, 0.25) is 5.91 Å². The highest BCUT2D eigenvalue weighted by Crippen LogP contribution is 2.25. The summed E-state index contributed by atoms with van der Waals surface area (Å²) in [7, 11) is 0. The second-order valence-corrected chi connectivity index (χ2v) is 5.24. The first-order valence-corrected chi connectivity index (χ1v) is 6.28. The van der Waals surface area contributed by atoms with Crippen LogP contribution in [0.5, 0.6) is 0 Å². The largest absolute Gasteiger partial charge is 0.300 e. The van der Waals surface area contributed by atoms with E-state index in [4.69, 9.17) is 5.84 Å². The smallest absolute Gasteiger partial charge is 0.233 e. The van der Waals surface area contributed by atoms with Gasteiger partial charge in [-0.3, -0.25) is 10.2 Å². The van der Waals surface area contributed by atoms with Crippen LogP contribution in [0.3, 0.4) is 0 Å². The van der Waals surface area contributed by atoms with Crippen molar-refractivity contribution in [3.8, 4) is 0 Å². The van der Waals surface area contributed by atoms with Crippen molar-refractivity contribution in [2.45, 2.75) is 46.1 Å². The van der Waals surface area contributed by atoms with Crippen molar-refractivity contribution >= 4 is 5.91 Å². The molecular formula is C12H25N3O. The van der Waals surface area contributed by atoms with Crippen LogP contribution in [0, 0.1) is 11.8 Å². The van der Waals surface area contributed by atoms with Gasteiger partial charge in [-0.1, -0.05) is 13.8 Å². The quantitative estimate of drug-likeness (QED) is 0.420. The highest BCUT2D eigenvalue weighted by atomic mass is 16.2. The molecule has 4 nitrogen and oxygen atoms in total. The van der Waals surface area contributed by atoms with E-state index in [1.807, 2.05) is 0 Å². The number of nitrogens with zero attached hydrogens (tertiary/aromatic N) is 1. The van der Waals surface area contributed by atoms with Gasteiger partial charge in [0.05, 0.1) is 0 Å². The molecule has 1 rings (SSSR count). The average Bonchev–Trinajstić information content (AvgIpc) is 2.74. The summed E-state index contributed by atoms with van der Waals surface area (Å²) in [5, 5.41) is 0. The van der Waals surface area contributed by atoms with Gasteiger partial charge in [-0.05, 0) is 38.1 Å². The predicted molar refractivity (Wildman–Crippen MR) is 65.5 cm³/mol. The van der Waals surface area contributed by atoms with Crippen LogP contribution in [0.15, 0.2) is 0 Å². The Morgan fingerprint density at radius 3 is 2.69 bits per heavy atom. The molecule has 0 spiro atoms. The molecule has 1 fully saturated rings. The molecular weight excluding hydrogens is 202 g/mol. The van der Waals surface area contributed by atoms with Crippen LogP contribution >= 0.6 is 0 Å². The van der Waals surface area contributed by atoms with E-state index in [0.717, 1.165) is 18.3 Å². The summed E-state index contributed by atoms with van der Waals surface area (Å²) >= 11 is 0. The summed E-state index contributed by atoms with van der Waals surface area (Å²) in [6, 6.07) is 0.487. The van der Waals surface area contributed by atoms with Gasteiger partial charge in [-0.2, -0.15) is 0 Å². The molecule has 2 atom stereocenters. The van der Waals surface area contributed by atoms with Crippen LogP contribution in [0.1, 0.15) is 40.0 Å². The molecule has 1 amide bonds. The van der Waals surface area contributed by atoms with E-state index in [0.29, 0.717) is 12.5 Å². The van der Waals surface area contributed by atoms with Crippen molar-refractivity contribution in [2.75, 3.05) is 13.1 Å². The first-order chi connectivity index (χ1) is 7.54. The molecule has 0 saturated carbocycles. The zero-order chi connectivity index (χ0) is 12.1. The van der Waals surface area contributed by atoms with Gasteiger partial charge in [0, 0.05) is 19.0 Å². The first kappa shape index (κ1) is 13.5. The minimum absolute atomic E-state index is 0.0635. The molecule has 16 heavy (non-hydrogen) atoms. The van der Waals surface area contributed by atoms with Crippen molar-refractivity contribution in [1.29, 1.82) is 0 Å². The number of rotatable bonds is 5. The van der Waals surface area contributed by atoms with Crippen molar-refractivity contribution in [3.63, 3.8) is 0 Å². The summed E-state index contributed by atoms with van der Waals surface area (Å²) in [4.78, 5) is 13.5. The lowest BCUT2D eigenvalue weighted by Gasteiger charge is -2.24. The van der Waals surface area contributed by atoms with E-state index >= 15 is 0 Å². The molecule has 1 aliphatic rings. The van der Waals surface area contributed by atoms with E-state index in [9.17, 15) is 4.79 Å². The Labute approximate surface area is 98.5 Å². The Hall–Kier alpha value is -0.610. The zero-order valence-corrected chi connectivity index (χ0v) is 10.7. The van der Waals surface area contributed by atoms with Crippen molar-refractivity contribution in [3.05, 3.63) is 0 Å². The number of nitrogens with two attached hydrogens (primary N) is 1. The predicted octanol–water partition coefficient (Wildman–Crippen LogP) is 1.12. The number of carbonyl (C=O) groups excluding carboxylic acids is 1. The molecule has 0 aliphatic carbocycles. The van der Waals surface area contributed by atoms with Crippen molar-refractivity contribution < 1.29 is 4.79 Å². The van der Waals surface area contributed by atoms with Crippen LogP contribution in [0.25, 0.3) is 0 Å². The van der Waals surface area contributed by atoms with E-state index in [1.165, 1.54) is 19.5 Å². The van der Waals surface area contributed by atoms with Gasteiger partial charge >= 0.3 is 0 Å². The Balaban J connectivity index is 2.28. The number of hydrogen-bond donors (Lipinski definition) is 2. The lowest BCUT2D eigenvalue weighted by Crippen LogP contribution is -2.34. The average molecular weight is 227 g/mol.